The average molecular weight is 293 g/mol. The first-order valence-electron chi connectivity index (χ1n) is 6.48. The molecule has 0 aliphatic heterocycles. The van der Waals surface area contributed by atoms with Gasteiger partial charge in [0.2, 0.25) is 11.0 Å². The summed E-state index contributed by atoms with van der Waals surface area (Å²) in [4.78, 5) is 16.2. The number of carbonyl (C=O) groups is 1. The van der Waals surface area contributed by atoms with Crippen LogP contribution in [-0.2, 0) is 16.8 Å². The zero-order valence-electron chi connectivity index (χ0n) is 12.2. The van der Waals surface area contributed by atoms with Crippen LogP contribution in [0.5, 0.6) is 0 Å². The summed E-state index contributed by atoms with van der Waals surface area (Å²) in [5.74, 6) is 0.676. The molecule has 0 atom stereocenters. The molecule has 0 aliphatic carbocycles. The smallest absolute Gasteiger partial charge is 0.228 e. The van der Waals surface area contributed by atoms with E-state index in [2.05, 4.69) is 19.8 Å². The summed E-state index contributed by atoms with van der Waals surface area (Å²) >= 11 is 1.22. The summed E-state index contributed by atoms with van der Waals surface area (Å²) in [5, 5.41) is 7.47. The number of aryl methyl sites for hydroxylation is 2. The van der Waals surface area contributed by atoms with E-state index in [1.807, 2.05) is 33.9 Å². The Kier molecular flexibility index (Phi) is 4.17. The molecular weight excluding hydrogens is 274 g/mol. The van der Waals surface area contributed by atoms with Crippen molar-refractivity contribution >= 4 is 22.6 Å². The number of aromatic nitrogens is 4. The molecule has 0 bridgehead atoms. The first kappa shape index (κ1) is 14.6. The average Bonchev–Trinajstić information content (AvgIpc) is 2.95. The van der Waals surface area contributed by atoms with Crippen molar-refractivity contribution in [2.45, 2.75) is 46.1 Å². The van der Waals surface area contributed by atoms with E-state index in [0.29, 0.717) is 18.1 Å². The quantitative estimate of drug-likeness (QED) is 0.939. The van der Waals surface area contributed by atoms with E-state index in [1.165, 1.54) is 11.5 Å². The number of rotatable bonds is 4. The van der Waals surface area contributed by atoms with Crippen LogP contribution in [0.3, 0.4) is 0 Å². The topological polar surface area (TPSA) is 72.7 Å². The zero-order chi connectivity index (χ0) is 14.8. The maximum absolute atomic E-state index is 11.8. The number of hydrogen-bond donors (Lipinski definition) is 1. The molecule has 0 saturated heterocycles. The highest BCUT2D eigenvalue weighted by Crippen LogP contribution is 2.22. The predicted octanol–water partition coefficient (Wildman–Crippen LogP) is 2.37. The Labute approximate surface area is 122 Å². The summed E-state index contributed by atoms with van der Waals surface area (Å²) in [6.45, 7) is 8.66. The standard InChI is InChI=1S/C13H19N5OS/c1-9-7-14-18(8-9)6-5-10(19)15-12-16-11(17-20-12)13(2,3)4/h7-8H,5-6H2,1-4H3,(H,15,16,17,19). The molecule has 0 spiro atoms. The highest BCUT2D eigenvalue weighted by molar-refractivity contribution is 7.09. The molecule has 108 valence electrons. The summed E-state index contributed by atoms with van der Waals surface area (Å²) in [5.41, 5.74) is 0.982. The Balaban J connectivity index is 1.87. The fourth-order valence-electron chi connectivity index (χ4n) is 1.57. The highest BCUT2D eigenvalue weighted by atomic mass is 32.1. The number of amides is 1. The van der Waals surface area contributed by atoms with Crippen molar-refractivity contribution in [1.29, 1.82) is 0 Å². The largest absolute Gasteiger partial charge is 0.301 e. The third-order valence-electron chi connectivity index (χ3n) is 2.67. The summed E-state index contributed by atoms with van der Waals surface area (Å²) < 4.78 is 6.02. The molecule has 0 unspecified atom stereocenters. The normalized spacial score (nSPS) is 11.6. The SMILES string of the molecule is Cc1cnn(CCC(=O)Nc2nc(C(C)(C)C)ns2)c1. The minimum absolute atomic E-state index is 0.0743. The van der Waals surface area contributed by atoms with Crippen molar-refractivity contribution in [1.82, 2.24) is 19.1 Å². The van der Waals surface area contributed by atoms with Gasteiger partial charge in [0.25, 0.3) is 0 Å². The van der Waals surface area contributed by atoms with Crippen LogP contribution in [0.2, 0.25) is 0 Å². The van der Waals surface area contributed by atoms with Gasteiger partial charge in [-0.3, -0.25) is 9.48 Å². The van der Waals surface area contributed by atoms with Crippen molar-refractivity contribution < 1.29 is 4.79 Å². The molecule has 20 heavy (non-hydrogen) atoms. The molecule has 1 N–H and O–H groups in total. The van der Waals surface area contributed by atoms with Crippen molar-refractivity contribution in [3.63, 3.8) is 0 Å². The van der Waals surface area contributed by atoms with Crippen LogP contribution in [0, 0.1) is 6.92 Å². The van der Waals surface area contributed by atoms with Gasteiger partial charge in [0.05, 0.1) is 6.20 Å². The van der Waals surface area contributed by atoms with E-state index >= 15 is 0 Å². The zero-order valence-corrected chi connectivity index (χ0v) is 13.0. The van der Waals surface area contributed by atoms with Crippen molar-refractivity contribution in [3.8, 4) is 0 Å². The van der Waals surface area contributed by atoms with Crippen LogP contribution >= 0.6 is 11.5 Å². The maximum Gasteiger partial charge on any atom is 0.228 e. The molecule has 0 aliphatic rings. The predicted molar refractivity (Wildman–Crippen MR) is 78.8 cm³/mol. The minimum Gasteiger partial charge on any atom is -0.301 e. The molecule has 0 fully saturated rings. The van der Waals surface area contributed by atoms with Gasteiger partial charge in [-0.15, -0.1) is 0 Å². The summed E-state index contributed by atoms with van der Waals surface area (Å²) in [6, 6.07) is 0. The van der Waals surface area contributed by atoms with Crippen molar-refractivity contribution in [3.05, 3.63) is 23.8 Å². The van der Waals surface area contributed by atoms with Gasteiger partial charge in [-0.05, 0) is 12.5 Å². The second-order valence-electron chi connectivity index (χ2n) is 5.75. The van der Waals surface area contributed by atoms with Crippen LogP contribution in [0.25, 0.3) is 0 Å². The van der Waals surface area contributed by atoms with E-state index in [0.717, 1.165) is 11.4 Å². The molecule has 2 aromatic rings. The van der Waals surface area contributed by atoms with Crippen LogP contribution in [0.15, 0.2) is 12.4 Å². The number of hydrogen-bond acceptors (Lipinski definition) is 5. The number of nitrogens with one attached hydrogen (secondary N) is 1. The number of anilines is 1. The van der Waals surface area contributed by atoms with Crippen LogP contribution < -0.4 is 5.32 Å². The third-order valence-corrected chi connectivity index (χ3v) is 3.30. The van der Waals surface area contributed by atoms with Crippen LogP contribution in [0.4, 0.5) is 5.13 Å². The van der Waals surface area contributed by atoms with Crippen molar-refractivity contribution in [2.24, 2.45) is 0 Å². The second kappa shape index (κ2) is 5.70. The maximum atomic E-state index is 11.8. The summed E-state index contributed by atoms with van der Waals surface area (Å²) in [6.07, 6.45) is 4.06. The van der Waals surface area contributed by atoms with E-state index < -0.39 is 0 Å². The number of carbonyl (C=O) groups excluding carboxylic acids is 1. The lowest BCUT2D eigenvalue weighted by Gasteiger charge is -2.12. The van der Waals surface area contributed by atoms with E-state index in [9.17, 15) is 4.79 Å². The van der Waals surface area contributed by atoms with Gasteiger partial charge in [0.15, 0.2) is 0 Å². The van der Waals surface area contributed by atoms with Gasteiger partial charge >= 0.3 is 0 Å². The Morgan fingerprint density at radius 1 is 1.45 bits per heavy atom. The first-order chi connectivity index (χ1) is 9.34. The van der Waals surface area contributed by atoms with Gasteiger partial charge in [-0.2, -0.15) is 9.47 Å². The van der Waals surface area contributed by atoms with Gasteiger partial charge in [0, 0.05) is 36.1 Å². The second-order valence-corrected chi connectivity index (χ2v) is 6.50. The van der Waals surface area contributed by atoms with Crippen LogP contribution in [0.1, 0.15) is 38.6 Å². The van der Waals surface area contributed by atoms with E-state index in [4.69, 9.17) is 0 Å². The van der Waals surface area contributed by atoms with Gasteiger partial charge in [-0.1, -0.05) is 20.8 Å². The highest BCUT2D eigenvalue weighted by Gasteiger charge is 2.20. The van der Waals surface area contributed by atoms with E-state index in [1.54, 1.807) is 10.9 Å². The Bertz CT molecular complexity index is 596. The Morgan fingerprint density at radius 2 is 2.20 bits per heavy atom. The molecule has 0 aromatic carbocycles. The molecule has 0 saturated carbocycles. The van der Waals surface area contributed by atoms with Gasteiger partial charge < -0.3 is 5.32 Å². The molecule has 2 aromatic heterocycles. The molecule has 6 nitrogen and oxygen atoms in total. The van der Waals surface area contributed by atoms with Gasteiger partial charge in [-0.25, -0.2) is 4.98 Å². The fourth-order valence-corrected chi connectivity index (χ4v) is 2.34. The lowest BCUT2D eigenvalue weighted by atomic mass is 9.96. The molecule has 7 heteroatoms. The molecule has 2 rings (SSSR count). The molecule has 1 amide bonds. The third kappa shape index (κ3) is 3.86. The Morgan fingerprint density at radius 3 is 2.75 bits per heavy atom. The van der Waals surface area contributed by atoms with Crippen LogP contribution in [-0.4, -0.2) is 25.0 Å². The Hall–Kier alpha value is -1.76. The lowest BCUT2D eigenvalue weighted by Crippen LogP contribution is -2.16. The van der Waals surface area contributed by atoms with Crippen molar-refractivity contribution in [2.75, 3.05) is 5.32 Å². The van der Waals surface area contributed by atoms with E-state index in [-0.39, 0.29) is 11.3 Å². The fraction of sp³-hybridized carbons (Fsp3) is 0.538. The summed E-state index contributed by atoms with van der Waals surface area (Å²) in [7, 11) is 0. The molecule has 0 radical (unpaired) electrons. The monoisotopic (exact) mass is 293 g/mol. The van der Waals surface area contributed by atoms with Gasteiger partial charge in [0.1, 0.15) is 5.82 Å². The molecule has 2 heterocycles. The number of nitrogens with zero attached hydrogens (tertiary/aromatic N) is 4. The lowest BCUT2D eigenvalue weighted by molar-refractivity contribution is -0.116. The molecular formula is C13H19N5OS. The minimum atomic E-state index is -0.105. The first-order valence-corrected chi connectivity index (χ1v) is 7.25.